The summed E-state index contributed by atoms with van der Waals surface area (Å²) in [6.07, 6.45) is -0.941. The lowest BCUT2D eigenvalue weighted by Crippen LogP contribution is -2.52. The van der Waals surface area contributed by atoms with Crippen LogP contribution in [0.5, 0.6) is 5.75 Å². The summed E-state index contributed by atoms with van der Waals surface area (Å²) in [5, 5.41) is 14.3. The van der Waals surface area contributed by atoms with Gasteiger partial charge in [-0.25, -0.2) is 8.42 Å². The molecule has 1 amide bonds. The lowest BCUT2D eigenvalue weighted by atomic mass is 10.0. The second-order valence-corrected chi connectivity index (χ2v) is 12.8. The Hall–Kier alpha value is -3.93. The predicted octanol–water partition coefficient (Wildman–Crippen LogP) is 3.84. The third kappa shape index (κ3) is 7.67. The third-order valence-electron chi connectivity index (χ3n) is 6.84. The van der Waals surface area contributed by atoms with E-state index in [0.29, 0.717) is 11.3 Å². The van der Waals surface area contributed by atoms with Gasteiger partial charge in [0.25, 0.3) is 11.9 Å². The minimum absolute atomic E-state index is 0.00959. The standard InChI is InChI=1S/C31H38N4O6S/c1-20(2)17-35(42(38,39)24-13-14-25-28(16-24)41-31(32)34-25)18-27(36)26(15-23-11-6-5-7-12-23)33-29(37)19-40-30-21(3)9-8-10-22(30)4/h5-14,16,20,26-27,36H,15,17-19H2,1-4H3,(H2,32,34)(H,33,37). The number of carbonyl (C=O) groups excluding carboxylic acids is 1. The smallest absolute Gasteiger partial charge is 0.292 e. The number of aliphatic hydroxyl groups excluding tert-OH is 1. The minimum atomic E-state index is -4.06. The third-order valence-corrected chi connectivity index (χ3v) is 8.67. The molecule has 0 aliphatic carbocycles. The van der Waals surface area contributed by atoms with Gasteiger partial charge < -0.3 is 25.3 Å². The van der Waals surface area contributed by atoms with E-state index in [-0.39, 0.29) is 48.5 Å². The Morgan fingerprint density at radius 2 is 1.74 bits per heavy atom. The number of sulfonamides is 1. The molecule has 0 radical (unpaired) electrons. The molecule has 3 aromatic carbocycles. The summed E-state index contributed by atoms with van der Waals surface area (Å²) in [7, 11) is -4.06. The maximum Gasteiger partial charge on any atom is 0.292 e. The van der Waals surface area contributed by atoms with Gasteiger partial charge in [0.05, 0.1) is 17.0 Å². The van der Waals surface area contributed by atoms with E-state index in [1.165, 1.54) is 22.5 Å². The van der Waals surface area contributed by atoms with Crippen molar-refractivity contribution < 1.29 is 27.5 Å². The number of amides is 1. The molecule has 2 unspecified atom stereocenters. The molecule has 0 fully saturated rings. The van der Waals surface area contributed by atoms with E-state index in [1.807, 2.05) is 76.2 Å². The first-order chi connectivity index (χ1) is 19.9. The SMILES string of the molecule is Cc1cccc(C)c1OCC(=O)NC(Cc1ccccc1)C(O)CN(CC(C)C)S(=O)(=O)c1ccc2nc(N)oc2c1. The molecule has 1 heterocycles. The van der Waals surface area contributed by atoms with Gasteiger partial charge in [-0.1, -0.05) is 62.4 Å². The van der Waals surface area contributed by atoms with Crippen molar-refractivity contribution in [2.75, 3.05) is 25.4 Å². The molecule has 4 aromatic rings. The van der Waals surface area contributed by atoms with E-state index in [2.05, 4.69) is 10.3 Å². The molecule has 10 nitrogen and oxygen atoms in total. The average Bonchev–Trinajstić information content (AvgIpc) is 3.31. The number of oxazole rings is 1. The number of benzene rings is 3. The zero-order valence-corrected chi connectivity index (χ0v) is 25.1. The molecule has 224 valence electrons. The van der Waals surface area contributed by atoms with Crippen LogP contribution in [0.3, 0.4) is 0 Å². The Morgan fingerprint density at radius 3 is 2.40 bits per heavy atom. The summed E-state index contributed by atoms with van der Waals surface area (Å²) in [5.41, 5.74) is 9.01. The van der Waals surface area contributed by atoms with Crippen molar-refractivity contribution in [1.29, 1.82) is 0 Å². The molecule has 4 N–H and O–H groups in total. The highest BCUT2D eigenvalue weighted by Gasteiger charge is 2.32. The van der Waals surface area contributed by atoms with E-state index in [4.69, 9.17) is 14.9 Å². The van der Waals surface area contributed by atoms with Crippen LogP contribution in [-0.2, 0) is 21.2 Å². The molecule has 42 heavy (non-hydrogen) atoms. The number of aliphatic hydroxyl groups is 1. The fourth-order valence-electron chi connectivity index (χ4n) is 4.81. The first kappa shape index (κ1) is 31.0. The molecule has 2 atom stereocenters. The highest BCUT2D eigenvalue weighted by Crippen LogP contribution is 2.25. The van der Waals surface area contributed by atoms with E-state index in [9.17, 15) is 18.3 Å². The van der Waals surface area contributed by atoms with Crippen molar-refractivity contribution in [2.24, 2.45) is 5.92 Å². The number of hydrogen-bond donors (Lipinski definition) is 3. The molecule has 0 aliphatic heterocycles. The summed E-state index contributed by atoms with van der Waals surface area (Å²) in [6, 6.07) is 18.6. The molecule has 0 saturated carbocycles. The monoisotopic (exact) mass is 594 g/mol. The molecule has 4 rings (SSSR count). The van der Waals surface area contributed by atoms with Gasteiger partial charge in [-0.2, -0.15) is 9.29 Å². The van der Waals surface area contributed by atoms with E-state index in [0.717, 1.165) is 16.7 Å². The Bertz CT molecular complexity index is 1600. The zero-order valence-electron chi connectivity index (χ0n) is 24.3. The van der Waals surface area contributed by atoms with Gasteiger partial charge in [-0.15, -0.1) is 0 Å². The highest BCUT2D eigenvalue weighted by molar-refractivity contribution is 7.89. The second kappa shape index (κ2) is 13.4. The van der Waals surface area contributed by atoms with Crippen LogP contribution in [-0.4, -0.2) is 60.6 Å². The van der Waals surface area contributed by atoms with Gasteiger partial charge in [-0.05, 0) is 55.0 Å². The maximum absolute atomic E-state index is 13.8. The molecule has 0 aliphatic rings. The lowest BCUT2D eigenvalue weighted by molar-refractivity contribution is -0.124. The van der Waals surface area contributed by atoms with Crippen molar-refractivity contribution in [3.63, 3.8) is 0 Å². The second-order valence-electron chi connectivity index (χ2n) is 10.8. The Morgan fingerprint density at radius 1 is 1.05 bits per heavy atom. The molecular formula is C31H38N4O6S. The number of fused-ring (bicyclic) bond motifs is 1. The average molecular weight is 595 g/mol. The van der Waals surface area contributed by atoms with Gasteiger partial charge in [-0.3, -0.25) is 4.79 Å². The van der Waals surface area contributed by atoms with E-state index in [1.54, 1.807) is 0 Å². The summed E-state index contributed by atoms with van der Waals surface area (Å²) in [4.78, 5) is 17.1. The summed E-state index contributed by atoms with van der Waals surface area (Å²) < 4.78 is 40.0. The number of anilines is 1. The van der Waals surface area contributed by atoms with Crippen molar-refractivity contribution in [1.82, 2.24) is 14.6 Å². The number of nitrogens with zero attached hydrogens (tertiary/aromatic N) is 2. The number of nitrogens with two attached hydrogens (primary N) is 1. The first-order valence-electron chi connectivity index (χ1n) is 13.8. The van der Waals surface area contributed by atoms with Gasteiger partial charge in [0, 0.05) is 19.2 Å². The summed E-state index contributed by atoms with van der Waals surface area (Å²) >= 11 is 0. The number of ether oxygens (including phenoxy) is 1. The lowest BCUT2D eigenvalue weighted by Gasteiger charge is -2.30. The van der Waals surface area contributed by atoms with Crippen LogP contribution in [0.4, 0.5) is 6.01 Å². The van der Waals surface area contributed by atoms with Crippen molar-refractivity contribution in [3.8, 4) is 5.75 Å². The topological polar surface area (TPSA) is 148 Å². The summed E-state index contributed by atoms with van der Waals surface area (Å²) in [6.45, 7) is 7.25. The Balaban J connectivity index is 1.56. The van der Waals surface area contributed by atoms with Crippen molar-refractivity contribution in [3.05, 3.63) is 83.4 Å². The Kier molecular flexibility index (Phi) is 9.87. The molecule has 11 heteroatoms. The van der Waals surface area contributed by atoms with Crippen LogP contribution in [0.25, 0.3) is 11.1 Å². The number of carbonyl (C=O) groups is 1. The quantitative estimate of drug-likeness (QED) is 0.212. The van der Waals surface area contributed by atoms with Crippen LogP contribution in [0.2, 0.25) is 0 Å². The van der Waals surface area contributed by atoms with Crippen LogP contribution < -0.4 is 15.8 Å². The highest BCUT2D eigenvalue weighted by atomic mass is 32.2. The first-order valence-corrected chi connectivity index (χ1v) is 15.2. The molecule has 1 aromatic heterocycles. The van der Waals surface area contributed by atoms with Crippen molar-refractivity contribution >= 4 is 33.0 Å². The zero-order chi connectivity index (χ0) is 30.4. The fraction of sp³-hybridized carbons (Fsp3) is 0.355. The van der Waals surface area contributed by atoms with Gasteiger partial charge in [0.2, 0.25) is 10.0 Å². The number of nitrogen functional groups attached to an aromatic ring is 1. The number of aryl methyl sites for hydroxylation is 2. The number of rotatable bonds is 13. The van der Waals surface area contributed by atoms with Gasteiger partial charge in [0.15, 0.2) is 12.2 Å². The van der Waals surface area contributed by atoms with Gasteiger partial charge >= 0.3 is 0 Å². The van der Waals surface area contributed by atoms with Crippen LogP contribution in [0.1, 0.15) is 30.5 Å². The van der Waals surface area contributed by atoms with Gasteiger partial charge in [0.1, 0.15) is 11.3 Å². The fourth-order valence-corrected chi connectivity index (χ4v) is 6.45. The largest absolute Gasteiger partial charge is 0.483 e. The number of nitrogens with one attached hydrogen (secondary N) is 1. The number of para-hydroxylation sites is 1. The molecular weight excluding hydrogens is 556 g/mol. The number of aromatic nitrogens is 1. The minimum Gasteiger partial charge on any atom is -0.483 e. The van der Waals surface area contributed by atoms with Crippen LogP contribution in [0, 0.1) is 19.8 Å². The summed E-state index contributed by atoms with van der Waals surface area (Å²) in [5.74, 6) is 0.168. The maximum atomic E-state index is 13.8. The normalized spacial score (nSPS) is 13.4. The molecule has 0 spiro atoms. The molecule has 0 saturated heterocycles. The molecule has 0 bridgehead atoms. The predicted molar refractivity (Wildman–Crippen MR) is 162 cm³/mol. The van der Waals surface area contributed by atoms with Crippen LogP contribution in [0.15, 0.2) is 76.0 Å². The van der Waals surface area contributed by atoms with Crippen LogP contribution >= 0.6 is 0 Å². The Labute approximate surface area is 246 Å². The number of hydrogen-bond acceptors (Lipinski definition) is 8. The van der Waals surface area contributed by atoms with E-state index < -0.39 is 28.1 Å². The van der Waals surface area contributed by atoms with Crippen molar-refractivity contribution in [2.45, 2.75) is 51.2 Å². The van der Waals surface area contributed by atoms with E-state index >= 15 is 0 Å².